The van der Waals surface area contributed by atoms with Crippen molar-refractivity contribution in [1.82, 2.24) is 9.80 Å². The summed E-state index contributed by atoms with van der Waals surface area (Å²) in [6.45, 7) is 7.64. The van der Waals surface area contributed by atoms with Gasteiger partial charge in [-0.2, -0.15) is 0 Å². The first kappa shape index (κ1) is 23.2. The minimum Gasteiger partial charge on any atom is -0.341 e. The molecule has 2 unspecified atom stereocenters. The first-order valence-electron chi connectivity index (χ1n) is 9.45. The molecule has 2 atom stereocenters. The molecule has 26 heavy (non-hydrogen) atoms. The molecule has 0 bridgehead atoms. The number of benzene rings is 1. The normalized spacial score (nSPS) is 22.8. The second kappa shape index (κ2) is 11.1. The quantitative estimate of drug-likeness (QED) is 0.839. The highest BCUT2D eigenvalue weighted by molar-refractivity contribution is 5.85. The van der Waals surface area contributed by atoms with Gasteiger partial charge in [0.05, 0.1) is 0 Å². The Labute approximate surface area is 170 Å². The van der Waals surface area contributed by atoms with Crippen LogP contribution in [-0.2, 0) is 4.79 Å². The van der Waals surface area contributed by atoms with Crippen LogP contribution in [0.4, 0.5) is 0 Å². The van der Waals surface area contributed by atoms with Crippen LogP contribution in [0.5, 0.6) is 0 Å². The molecule has 2 heterocycles. The smallest absolute Gasteiger partial charge is 0.244 e. The molecular formula is C20H33Cl2N3O. The van der Waals surface area contributed by atoms with E-state index in [1.807, 2.05) is 35.2 Å². The van der Waals surface area contributed by atoms with Crippen LogP contribution in [0.2, 0.25) is 0 Å². The summed E-state index contributed by atoms with van der Waals surface area (Å²) >= 11 is 0. The fraction of sp³-hybridized carbons (Fsp3) is 0.650. The highest BCUT2D eigenvalue weighted by Crippen LogP contribution is 2.23. The van der Waals surface area contributed by atoms with Gasteiger partial charge in [-0.25, -0.2) is 0 Å². The first-order chi connectivity index (χ1) is 11.6. The molecule has 4 nitrogen and oxygen atoms in total. The van der Waals surface area contributed by atoms with E-state index < -0.39 is 6.04 Å². The summed E-state index contributed by atoms with van der Waals surface area (Å²) in [6.07, 6.45) is 4.96. The van der Waals surface area contributed by atoms with Gasteiger partial charge in [-0.15, -0.1) is 24.8 Å². The van der Waals surface area contributed by atoms with E-state index in [0.29, 0.717) is 5.92 Å². The van der Waals surface area contributed by atoms with Crippen molar-refractivity contribution < 1.29 is 4.79 Å². The van der Waals surface area contributed by atoms with E-state index in [1.165, 1.54) is 32.4 Å². The van der Waals surface area contributed by atoms with E-state index in [2.05, 4.69) is 11.8 Å². The minimum absolute atomic E-state index is 0. The Hall–Kier alpha value is -0.810. The second-order valence-electron chi connectivity index (χ2n) is 7.66. The summed E-state index contributed by atoms with van der Waals surface area (Å²) in [5.41, 5.74) is 7.12. The van der Waals surface area contributed by atoms with Crippen molar-refractivity contribution in [2.45, 2.75) is 38.6 Å². The Morgan fingerprint density at radius 1 is 1.12 bits per heavy atom. The lowest BCUT2D eigenvalue weighted by Gasteiger charge is -2.38. The lowest BCUT2D eigenvalue weighted by Crippen LogP contribution is -2.47. The average molecular weight is 402 g/mol. The molecule has 0 saturated carbocycles. The van der Waals surface area contributed by atoms with E-state index in [0.717, 1.165) is 37.5 Å². The molecule has 2 N–H and O–H groups in total. The number of likely N-dealkylation sites (tertiary alicyclic amines) is 2. The molecule has 2 aliphatic heterocycles. The number of rotatable bonds is 4. The molecule has 2 aliphatic rings. The van der Waals surface area contributed by atoms with Gasteiger partial charge in [0.1, 0.15) is 6.04 Å². The number of carbonyl (C=O) groups excluding carboxylic acids is 1. The van der Waals surface area contributed by atoms with Crippen molar-refractivity contribution in [3.8, 4) is 0 Å². The maximum Gasteiger partial charge on any atom is 0.244 e. The molecular weight excluding hydrogens is 369 g/mol. The van der Waals surface area contributed by atoms with Gasteiger partial charge < -0.3 is 15.5 Å². The Balaban J connectivity index is 0.00000169. The van der Waals surface area contributed by atoms with Gasteiger partial charge in [0.25, 0.3) is 0 Å². The molecule has 2 saturated heterocycles. The third kappa shape index (κ3) is 6.12. The number of hydrogen-bond acceptors (Lipinski definition) is 3. The predicted molar refractivity (Wildman–Crippen MR) is 112 cm³/mol. The predicted octanol–water partition coefficient (Wildman–Crippen LogP) is 3.50. The van der Waals surface area contributed by atoms with Crippen molar-refractivity contribution in [1.29, 1.82) is 0 Å². The Morgan fingerprint density at radius 2 is 1.77 bits per heavy atom. The number of nitrogens with zero attached hydrogens (tertiary/aromatic N) is 2. The van der Waals surface area contributed by atoms with Gasteiger partial charge in [-0.1, -0.05) is 37.3 Å². The van der Waals surface area contributed by atoms with Crippen LogP contribution in [0.3, 0.4) is 0 Å². The zero-order valence-electron chi connectivity index (χ0n) is 15.7. The van der Waals surface area contributed by atoms with Crippen molar-refractivity contribution in [3.05, 3.63) is 35.9 Å². The molecule has 1 aromatic rings. The van der Waals surface area contributed by atoms with Gasteiger partial charge in [-0.3, -0.25) is 4.79 Å². The van der Waals surface area contributed by atoms with E-state index in [9.17, 15) is 4.79 Å². The summed E-state index contributed by atoms with van der Waals surface area (Å²) in [4.78, 5) is 17.4. The van der Waals surface area contributed by atoms with Crippen molar-refractivity contribution in [2.24, 2.45) is 17.6 Å². The topological polar surface area (TPSA) is 49.6 Å². The molecule has 148 valence electrons. The van der Waals surface area contributed by atoms with Gasteiger partial charge in [0, 0.05) is 19.6 Å². The maximum atomic E-state index is 12.8. The highest BCUT2D eigenvalue weighted by atomic mass is 35.5. The standard InChI is InChI=1S/C20H31N3O.2ClH/c1-16-9-12-22(13-10-16)14-17-6-5-11-23(15-17)20(24)19(21)18-7-3-2-4-8-18;;/h2-4,7-8,16-17,19H,5-6,9-15,21H2,1H3;2*1H. The zero-order valence-corrected chi connectivity index (χ0v) is 17.3. The molecule has 0 spiro atoms. The largest absolute Gasteiger partial charge is 0.341 e. The lowest BCUT2D eigenvalue weighted by atomic mass is 9.93. The number of hydrogen-bond donors (Lipinski definition) is 1. The average Bonchev–Trinajstić information content (AvgIpc) is 2.63. The Bertz CT molecular complexity index is 535. The van der Waals surface area contributed by atoms with Gasteiger partial charge in [-0.05, 0) is 56.2 Å². The Morgan fingerprint density at radius 3 is 2.42 bits per heavy atom. The molecule has 0 aliphatic carbocycles. The van der Waals surface area contributed by atoms with Crippen molar-refractivity contribution >= 4 is 30.7 Å². The van der Waals surface area contributed by atoms with Crippen LogP contribution in [-0.4, -0.2) is 48.4 Å². The van der Waals surface area contributed by atoms with Gasteiger partial charge >= 0.3 is 0 Å². The van der Waals surface area contributed by atoms with Crippen LogP contribution in [0.15, 0.2) is 30.3 Å². The number of carbonyl (C=O) groups is 1. The molecule has 0 radical (unpaired) electrons. The SMILES string of the molecule is CC1CCN(CC2CCCN(C(=O)C(N)c3ccccc3)C2)CC1.Cl.Cl. The minimum atomic E-state index is -0.527. The fourth-order valence-corrected chi connectivity index (χ4v) is 4.02. The zero-order chi connectivity index (χ0) is 16.9. The summed E-state index contributed by atoms with van der Waals surface area (Å²) < 4.78 is 0. The first-order valence-corrected chi connectivity index (χ1v) is 9.45. The van der Waals surface area contributed by atoms with Crippen LogP contribution in [0, 0.1) is 11.8 Å². The van der Waals surface area contributed by atoms with Crippen LogP contribution in [0.25, 0.3) is 0 Å². The third-order valence-electron chi connectivity index (χ3n) is 5.65. The van der Waals surface area contributed by atoms with Crippen molar-refractivity contribution in [3.63, 3.8) is 0 Å². The lowest BCUT2D eigenvalue weighted by molar-refractivity contribution is -0.134. The molecule has 1 amide bonds. The van der Waals surface area contributed by atoms with Crippen LogP contribution < -0.4 is 5.73 Å². The molecule has 2 fully saturated rings. The van der Waals surface area contributed by atoms with Crippen molar-refractivity contribution in [2.75, 3.05) is 32.7 Å². The fourth-order valence-electron chi connectivity index (χ4n) is 4.02. The Kier molecular flexibility index (Phi) is 9.94. The van der Waals surface area contributed by atoms with Crippen LogP contribution in [0.1, 0.15) is 44.2 Å². The molecule has 6 heteroatoms. The molecule has 3 rings (SSSR count). The molecule has 0 aromatic heterocycles. The maximum absolute atomic E-state index is 12.8. The number of halogens is 2. The van der Waals surface area contributed by atoms with Gasteiger partial charge in [0.15, 0.2) is 0 Å². The number of piperidine rings is 2. The van der Waals surface area contributed by atoms with Crippen LogP contribution >= 0.6 is 24.8 Å². The summed E-state index contributed by atoms with van der Waals surface area (Å²) in [5, 5.41) is 0. The number of nitrogens with two attached hydrogens (primary N) is 1. The number of amides is 1. The summed E-state index contributed by atoms with van der Waals surface area (Å²) in [6, 6.07) is 9.20. The second-order valence-corrected chi connectivity index (χ2v) is 7.66. The van der Waals surface area contributed by atoms with E-state index in [-0.39, 0.29) is 30.7 Å². The summed E-state index contributed by atoms with van der Waals surface area (Å²) in [7, 11) is 0. The highest BCUT2D eigenvalue weighted by Gasteiger charge is 2.29. The third-order valence-corrected chi connectivity index (χ3v) is 5.65. The van der Waals surface area contributed by atoms with E-state index >= 15 is 0 Å². The van der Waals surface area contributed by atoms with E-state index in [1.54, 1.807) is 0 Å². The molecule has 1 aromatic carbocycles. The van der Waals surface area contributed by atoms with Gasteiger partial charge in [0.2, 0.25) is 5.91 Å². The monoisotopic (exact) mass is 401 g/mol. The summed E-state index contributed by atoms with van der Waals surface area (Å²) in [5.74, 6) is 1.55. The van der Waals surface area contributed by atoms with E-state index in [4.69, 9.17) is 5.73 Å².